The van der Waals surface area contributed by atoms with E-state index in [9.17, 15) is 18.0 Å². The molecule has 0 unspecified atom stereocenters. The summed E-state index contributed by atoms with van der Waals surface area (Å²) in [7, 11) is 0. The molecule has 4 rings (SSSR count). The topological polar surface area (TPSA) is 130 Å². The van der Waals surface area contributed by atoms with Crippen LogP contribution in [0, 0.1) is 6.92 Å². The Morgan fingerprint density at radius 3 is 2.60 bits per heavy atom. The van der Waals surface area contributed by atoms with Crippen LogP contribution in [0.25, 0.3) is 0 Å². The molecule has 2 aromatic carbocycles. The molecule has 0 spiro atoms. The second-order valence-corrected chi connectivity index (χ2v) is 8.52. The number of anilines is 3. The third kappa shape index (κ3) is 6.98. The molecular formula is C28H25F3N8O. The summed E-state index contributed by atoms with van der Waals surface area (Å²) in [4.78, 5) is 29.9. The Morgan fingerprint density at radius 1 is 1.10 bits per heavy atom. The normalized spacial score (nSPS) is 11.6. The number of halogens is 3. The molecule has 9 nitrogen and oxygen atoms in total. The van der Waals surface area contributed by atoms with Crippen LogP contribution in [-0.4, -0.2) is 26.7 Å². The first-order valence-corrected chi connectivity index (χ1v) is 12.0. The molecule has 0 aliphatic carbocycles. The van der Waals surface area contributed by atoms with Gasteiger partial charge in [0.05, 0.1) is 23.1 Å². The predicted octanol–water partition coefficient (Wildman–Crippen LogP) is 5.66. The van der Waals surface area contributed by atoms with Gasteiger partial charge in [-0.25, -0.2) is 19.9 Å². The summed E-state index contributed by atoms with van der Waals surface area (Å²) in [6.07, 6.45) is -0.602. The van der Waals surface area contributed by atoms with E-state index in [0.717, 1.165) is 23.9 Å². The van der Waals surface area contributed by atoms with Gasteiger partial charge in [-0.2, -0.15) is 13.2 Å². The minimum atomic E-state index is -4.57. The SMILES string of the molecule is C=CNc1cnc(NCc2ccccc2)nc1C(N)=Nc1cc(C(=O)Nc2cc(C(F)(F)F)ccn2)ccc1C. The first-order chi connectivity index (χ1) is 19.1. The highest BCUT2D eigenvalue weighted by Crippen LogP contribution is 2.30. The Hall–Kier alpha value is -5.26. The lowest BCUT2D eigenvalue weighted by Crippen LogP contribution is -2.19. The molecule has 4 aromatic rings. The Morgan fingerprint density at radius 2 is 1.88 bits per heavy atom. The van der Waals surface area contributed by atoms with E-state index < -0.39 is 17.6 Å². The van der Waals surface area contributed by atoms with E-state index in [1.165, 1.54) is 18.3 Å². The highest BCUT2D eigenvalue weighted by Gasteiger charge is 2.31. The van der Waals surface area contributed by atoms with Crippen LogP contribution in [0.3, 0.4) is 0 Å². The van der Waals surface area contributed by atoms with Gasteiger partial charge in [-0.05, 0) is 48.5 Å². The fourth-order valence-electron chi connectivity index (χ4n) is 3.57. The van der Waals surface area contributed by atoms with Crippen molar-refractivity contribution in [1.29, 1.82) is 0 Å². The van der Waals surface area contributed by atoms with Crippen molar-refractivity contribution in [2.24, 2.45) is 10.7 Å². The smallest absolute Gasteiger partial charge is 0.382 e. The second-order valence-electron chi connectivity index (χ2n) is 8.52. The third-order valence-electron chi connectivity index (χ3n) is 5.62. The maximum atomic E-state index is 13.0. The summed E-state index contributed by atoms with van der Waals surface area (Å²) in [5, 5.41) is 8.46. The highest BCUT2D eigenvalue weighted by atomic mass is 19.4. The molecule has 12 heteroatoms. The largest absolute Gasteiger partial charge is 0.416 e. The van der Waals surface area contributed by atoms with Crippen LogP contribution in [0.5, 0.6) is 0 Å². The Balaban J connectivity index is 1.59. The number of amidine groups is 1. The van der Waals surface area contributed by atoms with Gasteiger partial charge in [0.25, 0.3) is 5.91 Å². The van der Waals surface area contributed by atoms with Crippen molar-refractivity contribution in [3.05, 3.63) is 114 Å². The molecule has 0 saturated heterocycles. The summed E-state index contributed by atoms with van der Waals surface area (Å²) >= 11 is 0. The molecule has 0 fully saturated rings. The number of carbonyl (C=O) groups excluding carboxylic acids is 1. The number of hydrogen-bond acceptors (Lipinski definition) is 7. The number of pyridine rings is 1. The van der Waals surface area contributed by atoms with Crippen molar-refractivity contribution in [2.75, 3.05) is 16.0 Å². The molecule has 0 bridgehead atoms. The van der Waals surface area contributed by atoms with Gasteiger partial charge >= 0.3 is 6.18 Å². The van der Waals surface area contributed by atoms with Gasteiger partial charge < -0.3 is 21.7 Å². The molecular weight excluding hydrogens is 521 g/mol. The van der Waals surface area contributed by atoms with Crippen LogP contribution < -0.4 is 21.7 Å². The van der Waals surface area contributed by atoms with Gasteiger partial charge in [0.2, 0.25) is 5.95 Å². The first-order valence-electron chi connectivity index (χ1n) is 12.0. The number of benzene rings is 2. The van der Waals surface area contributed by atoms with Crippen molar-refractivity contribution < 1.29 is 18.0 Å². The lowest BCUT2D eigenvalue weighted by Gasteiger charge is -2.12. The fraction of sp³-hybridized carbons (Fsp3) is 0.107. The number of rotatable bonds is 9. The molecule has 2 aromatic heterocycles. The van der Waals surface area contributed by atoms with Crippen molar-refractivity contribution in [1.82, 2.24) is 15.0 Å². The van der Waals surface area contributed by atoms with Crippen molar-refractivity contribution >= 4 is 34.9 Å². The zero-order chi connectivity index (χ0) is 28.7. The molecule has 2 heterocycles. The molecule has 0 aliphatic rings. The number of carbonyl (C=O) groups is 1. The van der Waals surface area contributed by atoms with E-state index in [4.69, 9.17) is 5.73 Å². The number of aromatic nitrogens is 3. The van der Waals surface area contributed by atoms with Crippen LogP contribution in [0.2, 0.25) is 0 Å². The molecule has 5 N–H and O–H groups in total. The molecule has 204 valence electrons. The molecule has 0 aliphatic heterocycles. The number of aryl methyl sites for hydroxylation is 1. The highest BCUT2D eigenvalue weighted by molar-refractivity contribution is 6.05. The minimum Gasteiger partial charge on any atom is -0.382 e. The lowest BCUT2D eigenvalue weighted by atomic mass is 10.1. The second kappa shape index (κ2) is 12.1. The van der Waals surface area contributed by atoms with Gasteiger partial charge in [0, 0.05) is 18.3 Å². The molecule has 0 atom stereocenters. The average molecular weight is 547 g/mol. The van der Waals surface area contributed by atoms with Crippen molar-refractivity contribution in [3.63, 3.8) is 0 Å². The maximum absolute atomic E-state index is 13.0. The summed E-state index contributed by atoms with van der Waals surface area (Å²) in [5.74, 6) is -0.535. The first kappa shape index (κ1) is 27.8. The molecule has 40 heavy (non-hydrogen) atoms. The van der Waals surface area contributed by atoms with E-state index in [0.29, 0.717) is 35.1 Å². The van der Waals surface area contributed by atoms with Crippen LogP contribution in [0.1, 0.15) is 32.7 Å². The Labute approximate surface area is 228 Å². The number of amides is 1. The summed E-state index contributed by atoms with van der Waals surface area (Å²) in [5.41, 5.74) is 8.43. The van der Waals surface area contributed by atoms with E-state index in [2.05, 4.69) is 42.5 Å². The number of nitrogens with two attached hydrogens (primary N) is 1. The number of hydrogen-bond donors (Lipinski definition) is 4. The fourth-order valence-corrected chi connectivity index (χ4v) is 3.57. The summed E-state index contributed by atoms with van der Waals surface area (Å²) in [6.45, 7) is 5.93. The zero-order valence-electron chi connectivity index (χ0n) is 21.3. The van der Waals surface area contributed by atoms with Gasteiger partial charge in [-0.3, -0.25) is 4.79 Å². The van der Waals surface area contributed by atoms with Gasteiger partial charge in [-0.15, -0.1) is 0 Å². The quantitative estimate of drug-likeness (QED) is 0.158. The van der Waals surface area contributed by atoms with E-state index >= 15 is 0 Å². The number of aliphatic imine (C=N–C) groups is 1. The summed E-state index contributed by atoms with van der Waals surface area (Å²) in [6, 6.07) is 15.9. The van der Waals surface area contributed by atoms with Gasteiger partial charge in [0.1, 0.15) is 11.5 Å². The number of alkyl halides is 3. The van der Waals surface area contributed by atoms with E-state index in [1.807, 2.05) is 30.3 Å². The monoisotopic (exact) mass is 546 g/mol. The van der Waals surface area contributed by atoms with Gasteiger partial charge in [-0.1, -0.05) is 43.0 Å². The Bertz CT molecular complexity index is 1560. The summed E-state index contributed by atoms with van der Waals surface area (Å²) < 4.78 is 39.1. The number of nitrogens with zero attached hydrogens (tertiary/aromatic N) is 4. The molecule has 0 radical (unpaired) electrons. The van der Waals surface area contributed by atoms with Crippen LogP contribution in [0.15, 0.2) is 90.8 Å². The Kier molecular flexibility index (Phi) is 8.38. The standard InChI is InChI=1S/C28H25F3N8O/c1-3-33-22-16-36-27(35-15-18-7-5-4-6-8-18)39-24(22)25(32)37-21-13-19(10-9-17(21)2)26(40)38-23-14-20(11-12-34-23)28(29,30)31/h3-14,16,33H,1,15H2,2H3,(H2,32,37)(H,34,38,40)(H,35,36,39). The molecule has 1 amide bonds. The van der Waals surface area contributed by atoms with E-state index in [1.54, 1.807) is 19.2 Å². The molecule has 0 saturated carbocycles. The maximum Gasteiger partial charge on any atom is 0.416 e. The van der Waals surface area contributed by atoms with Crippen molar-refractivity contribution in [2.45, 2.75) is 19.6 Å². The van der Waals surface area contributed by atoms with Crippen LogP contribution >= 0.6 is 0 Å². The van der Waals surface area contributed by atoms with Gasteiger partial charge in [0.15, 0.2) is 5.84 Å². The minimum absolute atomic E-state index is 0.0368. The van der Waals surface area contributed by atoms with Crippen molar-refractivity contribution in [3.8, 4) is 0 Å². The van der Waals surface area contributed by atoms with E-state index in [-0.39, 0.29) is 17.2 Å². The third-order valence-corrected chi connectivity index (χ3v) is 5.62. The number of nitrogens with one attached hydrogen (secondary N) is 3. The van der Waals surface area contributed by atoms with Crippen LogP contribution in [-0.2, 0) is 12.7 Å². The lowest BCUT2D eigenvalue weighted by molar-refractivity contribution is -0.137. The van der Waals surface area contributed by atoms with Crippen LogP contribution in [0.4, 0.5) is 36.3 Å². The average Bonchev–Trinajstić information content (AvgIpc) is 2.94. The zero-order valence-corrected chi connectivity index (χ0v) is 21.3. The predicted molar refractivity (Wildman–Crippen MR) is 148 cm³/mol.